The fraction of sp³-hybridized carbons (Fsp3) is 0.833. The summed E-state index contributed by atoms with van der Waals surface area (Å²) in [6.45, 7) is 4.34. The molecule has 0 bridgehead atoms. The van der Waals surface area contributed by atoms with Crippen LogP contribution in [0.5, 0.6) is 0 Å². The average molecular weight is 609 g/mol. The maximum absolute atomic E-state index is 4.86. The number of thiocarbonyl (C=S) groups is 2. The standard InChI is InChI=1S/2C6H11NS2.Bi.BrH/c2*8-6(9)7-4-2-1-3-5-7;;/h2*1-5H2,(H,8,9);;1H/q;;+3;/p-3. The van der Waals surface area contributed by atoms with Crippen molar-refractivity contribution in [2.75, 3.05) is 26.2 Å². The van der Waals surface area contributed by atoms with Crippen LogP contribution >= 0.6 is 24.4 Å². The minimum Gasteiger partial charge on any atom is -1.00 e. The van der Waals surface area contributed by atoms with Crippen LogP contribution in [0.1, 0.15) is 38.5 Å². The molecule has 20 heavy (non-hydrogen) atoms. The zero-order valence-electron chi connectivity index (χ0n) is 11.4. The molecule has 0 N–H and O–H groups in total. The molecule has 2 aliphatic rings. The van der Waals surface area contributed by atoms with E-state index >= 15 is 0 Å². The second kappa shape index (κ2) is 14.2. The summed E-state index contributed by atoms with van der Waals surface area (Å²) in [4.78, 5) is 4.21. The fourth-order valence-electron chi connectivity index (χ4n) is 2.15. The van der Waals surface area contributed by atoms with Gasteiger partial charge in [0.05, 0.1) is 0 Å². The van der Waals surface area contributed by atoms with E-state index in [1.54, 1.807) is 0 Å². The predicted molar refractivity (Wildman–Crippen MR) is 96.5 cm³/mol. The second-order valence-electron chi connectivity index (χ2n) is 4.63. The van der Waals surface area contributed by atoms with Gasteiger partial charge in [0.2, 0.25) is 0 Å². The third-order valence-corrected chi connectivity index (χ3v) is 4.26. The van der Waals surface area contributed by atoms with Gasteiger partial charge >= 0.3 is 26.2 Å². The van der Waals surface area contributed by atoms with E-state index in [-0.39, 0.29) is 43.2 Å². The van der Waals surface area contributed by atoms with Crippen LogP contribution in [-0.4, -0.2) is 70.8 Å². The van der Waals surface area contributed by atoms with Crippen molar-refractivity contribution in [3.63, 3.8) is 0 Å². The Bertz CT molecular complexity index is 255. The van der Waals surface area contributed by atoms with Crippen LogP contribution in [0.25, 0.3) is 0 Å². The van der Waals surface area contributed by atoms with Gasteiger partial charge in [0.15, 0.2) is 0 Å². The topological polar surface area (TPSA) is 6.48 Å². The molecule has 0 aliphatic carbocycles. The summed E-state index contributed by atoms with van der Waals surface area (Å²) in [5.74, 6) is 0. The molecule has 0 spiro atoms. The first-order chi connectivity index (χ1) is 8.61. The number of piperidine rings is 2. The van der Waals surface area contributed by atoms with Crippen LogP contribution in [0.2, 0.25) is 0 Å². The minimum absolute atomic E-state index is 0. The molecule has 0 aromatic heterocycles. The summed E-state index contributed by atoms with van der Waals surface area (Å²) < 4.78 is 1.30. The molecular formula is C12H20BiBrN2S4. The molecule has 0 aromatic carbocycles. The molecule has 0 atom stereocenters. The van der Waals surface area contributed by atoms with Crippen molar-refractivity contribution in [2.45, 2.75) is 38.5 Å². The summed E-state index contributed by atoms with van der Waals surface area (Å²) in [5, 5.41) is 0. The second-order valence-corrected chi connectivity index (χ2v) is 6.69. The van der Waals surface area contributed by atoms with Crippen LogP contribution in [0, 0.1) is 0 Å². The van der Waals surface area contributed by atoms with Gasteiger partial charge in [-0.1, -0.05) is 8.64 Å². The van der Waals surface area contributed by atoms with Gasteiger partial charge in [-0.2, -0.15) is 0 Å². The Kier molecular flexibility index (Phi) is 16.9. The van der Waals surface area contributed by atoms with Crippen molar-refractivity contribution in [3.05, 3.63) is 0 Å². The monoisotopic (exact) mass is 608 g/mol. The number of rotatable bonds is 0. The Morgan fingerprint density at radius 1 is 0.650 bits per heavy atom. The molecule has 0 unspecified atom stereocenters. The minimum atomic E-state index is 0. The third-order valence-electron chi connectivity index (χ3n) is 3.23. The summed E-state index contributed by atoms with van der Waals surface area (Å²) in [6, 6.07) is 0. The summed E-state index contributed by atoms with van der Waals surface area (Å²) >= 11 is 19.4. The zero-order valence-corrected chi connectivity index (χ0v) is 19.8. The van der Waals surface area contributed by atoms with E-state index in [1.807, 2.05) is 0 Å². The van der Waals surface area contributed by atoms with Gasteiger partial charge in [0.25, 0.3) is 0 Å². The molecule has 2 heterocycles. The molecule has 2 nitrogen and oxygen atoms in total. The number of likely N-dealkylation sites (tertiary alicyclic amines) is 2. The summed E-state index contributed by atoms with van der Waals surface area (Å²) in [6.07, 6.45) is 7.73. The van der Waals surface area contributed by atoms with E-state index in [0.29, 0.717) is 8.64 Å². The van der Waals surface area contributed by atoms with Gasteiger partial charge in [-0.15, -0.1) is 0 Å². The molecule has 0 saturated carbocycles. The van der Waals surface area contributed by atoms with E-state index in [4.69, 9.17) is 49.7 Å². The first-order valence-corrected chi connectivity index (χ1v) is 8.16. The molecule has 8 heteroatoms. The van der Waals surface area contributed by atoms with Gasteiger partial charge in [-0.05, 0) is 38.5 Å². The van der Waals surface area contributed by atoms with Gasteiger partial charge in [0, 0.05) is 26.2 Å². The molecule has 114 valence electrons. The predicted octanol–water partition coefficient (Wildman–Crippen LogP) is -0.769. The van der Waals surface area contributed by atoms with Crippen molar-refractivity contribution in [1.29, 1.82) is 0 Å². The fourth-order valence-corrected chi connectivity index (χ4v) is 2.88. The van der Waals surface area contributed by atoms with Crippen molar-refractivity contribution in [1.82, 2.24) is 9.80 Å². The van der Waals surface area contributed by atoms with Crippen molar-refractivity contribution >= 4 is 84.5 Å². The Morgan fingerprint density at radius 3 is 1.05 bits per heavy atom. The van der Waals surface area contributed by atoms with Crippen molar-refractivity contribution < 1.29 is 17.0 Å². The summed E-state index contributed by atoms with van der Waals surface area (Å²) in [7, 11) is 0. The third kappa shape index (κ3) is 10.3. The van der Waals surface area contributed by atoms with Gasteiger partial charge in [-0.25, -0.2) is 0 Å². The largest absolute Gasteiger partial charge is 3.00 e. The quantitative estimate of drug-likeness (QED) is 0.201. The molecule has 2 fully saturated rings. The van der Waals surface area contributed by atoms with E-state index < -0.39 is 0 Å². The molecule has 2 aliphatic heterocycles. The van der Waals surface area contributed by atoms with E-state index in [2.05, 4.69) is 9.80 Å². The first-order valence-electron chi connectivity index (χ1n) is 6.53. The van der Waals surface area contributed by atoms with Crippen LogP contribution < -0.4 is 17.0 Å². The van der Waals surface area contributed by atoms with Crippen LogP contribution in [0.4, 0.5) is 0 Å². The van der Waals surface area contributed by atoms with E-state index in [9.17, 15) is 0 Å². The summed E-state index contributed by atoms with van der Waals surface area (Å²) in [5.41, 5.74) is 0. The van der Waals surface area contributed by atoms with Crippen molar-refractivity contribution in [3.8, 4) is 0 Å². The maximum atomic E-state index is 4.86. The van der Waals surface area contributed by atoms with Gasteiger partial charge < -0.3 is 76.5 Å². The average Bonchev–Trinajstić information content (AvgIpc) is 2.41. The maximum Gasteiger partial charge on any atom is 3.00 e. The molecule has 0 aromatic rings. The molecule has 0 amide bonds. The number of hydrogen-bond acceptors (Lipinski definition) is 4. The Balaban J connectivity index is 0. The van der Waals surface area contributed by atoms with Gasteiger partial charge in [0.1, 0.15) is 0 Å². The van der Waals surface area contributed by atoms with Crippen LogP contribution in [-0.2, 0) is 25.3 Å². The van der Waals surface area contributed by atoms with Crippen LogP contribution in [0.15, 0.2) is 0 Å². The Hall–Kier alpha value is 1.58. The zero-order chi connectivity index (χ0) is 13.4. The van der Waals surface area contributed by atoms with Crippen molar-refractivity contribution in [2.24, 2.45) is 0 Å². The molecule has 2 rings (SSSR count). The molecule has 2 radical (unpaired) electrons. The Morgan fingerprint density at radius 2 is 0.900 bits per heavy atom. The normalized spacial score (nSPS) is 17.8. The van der Waals surface area contributed by atoms with Crippen LogP contribution in [0.3, 0.4) is 0 Å². The number of hydrogen-bond donors (Lipinski definition) is 0. The van der Waals surface area contributed by atoms with E-state index in [1.165, 1.54) is 38.5 Å². The number of nitrogens with zero attached hydrogens (tertiary/aromatic N) is 2. The Labute approximate surface area is 174 Å². The number of halogens is 1. The molecular weight excluding hydrogens is 589 g/mol. The van der Waals surface area contributed by atoms with E-state index in [0.717, 1.165) is 26.2 Å². The SMILES string of the molecule is S=C([S-])N1CCCCC1.S=C([S-])N1CCCCC1.[Bi+3].[Br-]. The smallest absolute Gasteiger partial charge is 1.00 e. The van der Waals surface area contributed by atoms with Gasteiger partial charge in [-0.3, -0.25) is 0 Å². The first kappa shape index (κ1) is 23.8. The molecule has 2 saturated heterocycles.